The number of phenolic OH excluding ortho intramolecular Hbond substituents is 1. The van der Waals surface area contributed by atoms with Gasteiger partial charge in [-0.3, -0.25) is 0 Å². The second-order valence-corrected chi connectivity index (χ2v) is 7.90. The Morgan fingerprint density at radius 2 is 1.61 bits per heavy atom. The molecule has 2 N–H and O–H groups in total. The van der Waals surface area contributed by atoms with Gasteiger partial charge in [-0.1, -0.05) is 30.3 Å². The third-order valence-electron chi connectivity index (χ3n) is 4.36. The maximum Gasteiger partial charge on any atom is 0.241 e. The SMILES string of the molecule is O=S(=O)(NC(c1ccc(F)cc1)c1cc2c(cc1O)OCO2)c1ccccc1. The number of hydrogen-bond donors (Lipinski definition) is 2. The predicted octanol–water partition coefficient (Wildman–Crippen LogP) is 3.33. The number of nitrogens with one attached hydrogen (secondary N) is 1. The fourth-order valence-electron chi connectivity index (χ4n) is 2.97. The van der Waals surface area contributed by atoms with Gasteiger partial charge in [0.25, 0.3) is 0 Å². The monoisotopic (exact) mass is 401 g/mol. The third-order valence-corrected chi connectivity index (χ3v) is 5.80. The summed E-state index contributed by atoms with van der Waals surface area (Å²) in [6, 6.07) is 15.1. The van der Waals surface area contributed by atoms with Crippen LogP contribution in [0, 0.1) is 5.82 Å². The van der Waals surface area contributed by atoms with Crippen molar-refractivity contribution in [2.75, 3.05) is 6.79 Å². The van der Waals surface area contributed by atoms with Crippen LogP contribution in [-0.4, -0.2) is 20.3 Å². The molecule has 4 rings (SSSR count). The number of hydrogen-bond acceptors (Lipinski definition) is 5. The summed E-state index contributed by atoms with van der Waals surface area (Å²) in [6.45, 7) is 0.00911. The van der Waals surface area contributed by atoms with Gasteiger partial charge >= 0.3 is 0 Å². The van der Waals surface area contributed by atoms with Gasteiger partial charge in [0.05, 0.1) is 10.9 Å². The van der Waals surface area contributed by atoms with Crippen LogP contribution in [0.1, 0.15) is 17.2 Å². The first-order valence-corrected chi connectivity index (χ1v) is 9.88. The van der Waals surface area contributed by atoms with Crippen molar-refractivity contribution >= 4 is 10.0 Å². The summed E-state index contributed by atoms with van der Waals surface area (Å²) < 4.78 is 52.3. The molecule has 1 unspecified atom stereocenters. The van der Waals surface area contributed by atoms with Crippen molar-refractivity contribution in [1.82, 2.24) is 4.72 Å². The lowest BCUT2D eigenvalue weighted by Crippen LogP contribution is -2.29. The molecule has 0 aromatic heterocycles. The lowest BCUT2D eigenvalue weighted by molar-refractivity contribution is 0.174. The summed E-state index contributed by atoms with van der Waals surface area (Å²) >= 11 is 0. The number of sulfonamides is 1. The number of aromatic hydroxyl groups is 1. The van der Waals surface area contributed by atoms with E-state index in [1.807, 2.05) is 0 Å². The van der Waals surface area contributed by atoms with Gasteiger partial charge in [0.2, 0.25) is 16.8 Å². The largest absolute Gasteiger partial charge is 0.507 e. The molecule has 6 nitrogen and oxygen atoms in total. The van der Waals surface area contributed by atoms with Gasteiger partial charge in [-0.15, -0.1) is 0 Å². The lowest BCUT2D eigenvalue weighted by atomic mass is 9.98. The molecule has 28 heavy (non-hydrogen) atoms. The Labute approximate surface area is 161 Å². The van der Waals surface area contributed by atoms with E-state index in [9.17, 15) is 17.9 Å². The van der Waals surface area contributed by atoms with E-state index in [1.165, 1.54) is 48.5 Å². The van der Waals surface area contributed by atoms with Crippen LogP contribution in [0.25, 0.3) is 0 Å². The van der Waals surface area contributed by atoms with E-state index in [0.29, 0.717) is 17.1 Å². The summed E-state index contributed by atoms with van der Waals surface area (Å²) in [5.74, 6) is 0.126. The van der Waals surface area contributed by atoms with Crippen LogP contribution in [0.5, 0.6) is 17.2 Å². The molecule has 0 amide bonds. The minimum absolute atomic E-state index is 0.00911. The highest BCUT2D eigenvalue weighted by atomic mass is 32.2. The van der Waals surface area contributed by atoms with Gasteiger partial charge < -0.3 is 14.6 Å². The summed E-state index contributed by atoms with van der Waals surface area (Å²) in [4.78, 5) is 0.0716. The normalized spacial score (nSPS) is 14.0. The molecule has 3 aromatic carbocycles. The van der Waals surface area contributed by atoms with Gasteiger partial charge in [-0.25, -0.2) is 12.8 Å². The Hall–Kier alpha value is -3.10. The molecule has 0 saturated carbocycles. The molecule has 3 aromatic rings. The highest BCUT2D eigenvalue weighted by molar-refractivity contribution is 7.89. The topological polar surface area (TPSA) is 84.9 Å². The lowest BCUT2D eigenvalue weighted by Gasteiger charge is -2.21. The minimum atomic E-state index is -3.92. The zero-order chi connectivity index (χ0) is 19.7. The van der Waals surface area contributed by atoms with Crippen molar-refractivity contribution in [3.8, 4) is 17.2 Å². The maximum atomic E-state index is 13.4. The van der Waals surface area contributed by atoms with Gasteiger partial charge in [0, 0.05) is 11.6 Å². The predicted molar refractivity (Wildman–Crippen MR) is 99.2 cm³/mol. The highest BCUT2D eigenvalue weighted by Crippen LogP contribution is 2.41. The summed E-state index contributed by atoms with van der Waals surface area (Å²) in [6.07, 6.45) is 0. The van der Waals surface area contributed by atoms with Crippen molar-refractivity contribution in [1.29, 1.82) is 0 Å². The van der Waals surface area contributed by atoms with E-state index < -0.39 is 21.9 Å². The number of halogens is 1. The number of fused-ring (bicyclic) bond motifs is 1. The fourth-order valence-corrected chi connectivity index (χ4v) is 4.19. The van der Waals surface area contributed by atoms with Crippen LogP contribution in [0.3, 0.4) is 0 Å². The van der Waals surface area contributed by atoms with Crippen LogP contribution < -0.4 is 14.2 Å². The van der Waals surface area contributed by atoms with E-state index in [1.54, 1.807) is 18.2 Å². The molecule has 0 saturated heterocycles. The molecular formula is C20H16FNO5S. The molecule has 0 fully saturated rings. The summed E-state index contributed by atoms with van der Waals surface area (Å²) in [7, 11) is -3.92. The van der Waals surface area contributed by atoms with Gasteiger partial charge in [0.15, 0.2) is 11.5 Å². The van der Waals surface area contributed by atoms with Crippen LogP contribution in [0.15, 0.2) is 71.6 Å². The molecule has 1 aliphatic rings. The maximum absolute atomic E-state index is 13.4. The molecule has 0 spiro atoms. The average Bonchev–Trinajstić information content (AvgIpc) is 3.14. The van der Waals surface area contributed by atoms with Crippen molar-refractivity contribution in [3.63, 3.8) is 0 Å². The smallest absolute Gasteiger partial charge is 0.241 e. The zero-order valence-corrected chi connectivity index (χ0v) is 15.3. The van der Waals surface area contributed by atoms with Crippen LogP contribution in [-0.2, 0) is 10.0 Å². The number of rotatable bonds is 5. The van der Waals surface area contributed by atoms with Gasteiger partial charge in [-0.2, -0.15) is 4.72 Å². The second kappa shape index (κ2) is 7.14. The minimum Gasteiger partial charge on any atom is -0.507 e. The highest BCUT2D eigenvalue weighted by Gasteiger charge is 2.28. The Morgan fingerprint density at radius 3 is 2.29 bits per heavy atom. The molecule has 1 atom stereocenters. The van der Waals surface area contributed by atoms with Gasteiger partial charge in [-0.05, 0) is 35.9 Å². The first-order valence-electron chi connectivity index (χ1n) is 8.39. The van der Waals surface area contributed by atoms with E-state index in [-0.39, 0.29) is 23.0 Å². The summed E-state index contributed by atoms with van der Waals surface area (Å²) in [5, 5.41) is 10.5. The Morgan fingerprint density at radius 1 is 0.964 bits per heavy atom. The number of ether oxygens (including phenoxy) is 2. The van der Waals surface area contributed by atoms with E-state index in [4.69, 9.17) is 9.47 Å². The molecule has 144 valence electrons. The van der Waals surface area contributed by atoms with Crippen LogP contribution in [0.2, 0.25) is 0 Å². The molecule has 0 aliphatic carbocycles. The van der Waals surface area contributed by atoms with Crippen molar-refractivity contribution in [3.05, 3.63) is 83.7 Å². The summed E-state index contributed by atoms with van der Waals surface area (Å²) in [5.41, 5.74) is 0.713. The van der Waals surface area contributed by atoms with Gasteiger partial charge in [0.1, 0.15) is 11.6 Å². The molecule has 0 radical (unpaired) electrons. The Bertz CT molecular complexity index is 1100. The van der Waals surface area contributed by atoms with Crippen LogP contribution >= 0.6 is 0 Å². The van der Waals surface area contributed by atoms with E-state index in [0.717, 1.165) is 0 Å². The molecule has 8 heteroatoms. The molecular weight excluding hydrogens is 385 g/mol. The van der Waals surface area contributed by atoms with E-state index in [2.05, 4.69) is 4.72 Å². The quantitative estimate of drug-likeness (QED) is 0.685. The van der Waals surface area contributed by atoms with Crippen LogP contribution in [0.4, 0.5) is 4.39 Å². The van der Waals surface area contributed by atoms with Crippen molar-refractivity contribution in [2.45, 2.75) is 10.9 Å². The zero-order valence-electron chi connectivity index (χ0n) is 14.5. The second-order valence-electron chi connectivity index (χ2n) is 6.18. The Balaban J connectivity index is 1.80. The van der Waals surface area contributed by atoms with Crippen molar-refractivity contribution < 1.29 is 27.4 Å². The third kappa shape index (κ3) is 3.51. The molecule has 1 aliphatic heterocycles. The number of benzene rings is 3. The fraction of sp³-hybridized carbons (Fsp3) is 0.100. The molecule has 0 bridgehead atoms. The first-order chi connectivity index (χ1) is 13.4. The first kappa shape index (κ1) is 18.3. The Kier molecular flexibility index (Phi) is 4.66. The standard InChI is InChI=1S/C20H16FNO5S/c21-14-8-6-13(7-9-14)20(22-28(24,25)15-4-2-1-3-5-15)16-10-18-19(11-17(16)23)27-12-26-18/h1-11,20,22-23H,12H2. The number of phenols is 1. The van der Waals surface area contributed by atoms with E-state index >= 15 is 0 Å². The van der Waals surface area contributed by atoms with Crippen molar-refractivity contribution in [2.24, 2.45) is 0 Å². The average molecular weight is 401 g/mol. The molecule has 1 heterocycles.